The monoisotopic (exact) mass is 354 g/mol. The van der Waals surface area contributed by atoms with Crippen molar-refractivity contribution in [2.45, 2.75) is 19.8 Å². The molecule has 0 spiro atoms. The number of likely N-dealkylation sites (tertiary alicyclic amines) is 1. The zero-order valence-corrected chi connectivity index (χ0v) is 14.9. The van der Waals surface area contributed by atoms with E-state index >= 15 is 0 Å². The van der Waals surface area contributed by atoms with Crippen molar-refractivity contribution in [1.29, 1.82) is 0 Å². The average Bonchev–Trinajstić information content (AvgIpc) is 2.68. The highest BCUT2D eigenvalue weighted by molar-refractivity contribution is 5.93. The highest BCUT2D eigenvalue weighted by Gasteiger charge is 2.22. The SMILES string of the molecule is COC(=O)c1cccc(Nc2cc(C(=O)N3CCC(C)CC3)ncn2)c1. The maximum atomic E-state index is 12.6. The molecule has 1 aliphatic rings. The number of benzene rings is 1. The molecule has 2 aromatic rings. The number of aromatic nitrogens is 2. The lowest BCUT2D eigenvalue weighted by molar-refractivity contribution is 0.0600. The standard InChI is InChI=1S/C19H22N4O3/c1-13-6-8-23(9-7-13)18(24)16-11-17(21-12-20-16)22-15-5-3-4-14(10-15)19(25)26-2/h3-5,10-13H,6-9H2,1-2H3,(H,20,21,22). The van der Waals surface area contributed by atoms with Crippen LogP contribution in [-0.2, 0) is 4.74 Å². The Morgan fingerprint density at radius 2 is 1.96 bits per heavy atom. The van der Waals surface area contributed by atoms with Crippen LogP contribution in [0.4, 0.5) is 11.5 Å². The number of ether oxygens (including phenoxy) is 1. The molecule has 1 fully saturated rings. The fourth-order valence-electron chi connectivity index (χ4n) is 2.91. The van der Waals surface area contributed by atoms with E-state index in [1.807, 2.05) is 11.0 Å². The summed E-state index contributed by atoms with van der Waals surface area (Å²) in [7, 11) is 1.34. The third kappa shape index (κ3) is 4.17. The van der Waals surface area contributed by atoms with Gasteiger partial charge in [0.25, 0.3) is 5.91 Å². The number of amides is 1. The summed E-state index contributed by atoms with van der Waals surface area (Å²) in [5, 5.41) is 3.10. The summed E-state index contributed by atoms with van der Waals surface area (Å²) in [6.07, 6.45) is 3.40. The molecular weight excluding hydrogens is 332 g/mol. The molecule has 1 aromatic heterocycles. The summed E-state index contributed by atoms with van der Waals surface area (Å²) in [6, 6.07) is 8.52. The minimum Gasteiger partial charge on any atom is -0.465 e. The van der Waals surface area contributed by atoms with Gasteiger partial charge < -0.3 is 15.0 Å². The molecular formula is C19H22N4O3. The molecule has 0 radical (unpaired) electrons. The van der Waals surface area contributed by atoms with Gasteiger partial charge in [0, 0.05) is 24.8 Å². The molecule has 7 heteroatoms. The molecule has 1 aromatic carbocycles. The Morgan fingerprint density at radius 3 is 2.69 bits per heavy atom. The topological polar surface area (TPSA) is 84.4 Å². The largest absolute Gasteiger partial charge is 0.465 e. The molecule has 1 saturated heterocycles. The van der Waals surface area contributed by atoms with Crippen molar-refractivity contribution in [3.63, 3.8) is 0 Å². The third-order valence-corrected chi connectivity index (χ3v) is 4.51. The molecule has 0 atom stereocenters. The number of esters is 1. The lowest BCUT2D eigenvalue weighted by Gasteiger charge is -2.30. The molecule has 0 saturated carbocycles. The maximum Gasteiger partial charge on any atom is 0.337 e. The second kappa shape index (κ2) is 7.95. The van der Waals surface area contributed by atoms with Crippen LogP contribution >= 0.6 is 0 Å². The number of carbonyl (C=O) groups excluding carboxylic acids is 2. The Labute approximate surface area is 152 Å². The van der Waals surface area contributed by atoms with Crippen molar-refractivity contribution in [3.8, 4) is 0 Å². The van der Waals surface area contributed by atoms with E-state index in [4.69, 9.17) is 4.74 Å². The quantitative estimate of drug-likeness (QED) is 0.850. The minimum absolute atomic E-state index is 0.0781. The zero-order valence-electron chi connectivity index (χ0n) is 14.9. The second-order valence-corrected chi connectivity index (χ2v) is 6.46. The fraction of sp³-hybridized carbons (Fsp3) is 0.368. The van der Waals surface area contributed by atoms with Gasteiger partial charge in [0.15, 0.2) is 0 Å². The molecule has 1 aliphatic heterocycles. The number of rotatable bonds is 4. The van der Waals surface area contributed by atoms with Gasteiger partial charge in [0.1, 0.15) is 17.8 Å². The predicted octanol–water partition coefficient (Wildman–Crippen LogP) is 2.88. The van der Waals surface area contributed by atoms with E-state index in [-0.39, 0.29) is 5.91 Å². The van der Waals surface area contributed by atoms with Crippen LogP contribution in [0.5, 0.6) is 0 Å². The molecule has 136 valence electrons. The number of carbonyl (C=O) groups is 2. The van der Waals surface area contributed by atoms with Crippen LogP contribution < -0.4 is 5.32 Å². The first kappa shape index (κ1) is 17.8. The average molecular weight is 354 g/mol. The smallest absolute Gasteiger partial charge is 0.337 e. The van der Waals surface area contributed by atoms with E-state index in [2.05, 4.69) is 22.2 Å². The Bertz CT molecular complexity index is 801. The number of methoxy groups -OCH3 is 1. The van der Waals surface area contributed by atoms with Crippen molar-refractivity contribution in [3.05, 3.63) is 47.9 Å². The molecule has 0 aliphatic carbocycles. The molecule has 2 heterocycles. The van der Waals surface area contributed by atoms with Crippen LogP contribution in [0, 0.1) is 5.92 Å². The van der Waals surface area contributed by atoms with Gasteiger partial charge >= 0.3 is 5.97 Å². The van der Waals surface area contributed by atoms with Crippen molar-refractivity contribution in [2.24, 2.45) is 5.92 Å². The van der Waals surface area contributed by atoms with Crippen LogP contribution in [0.15, 0.2) is 36.7 Å². The summed E-state index contributed by atoms with van der Waals surface area (Å²) in [5.74, 6) is 0.664. The molecule has 1 N–H and O–H groups in total. The first-order valence-corrected chi connectivity index (χ1v) is 8.63. The van der Waals surface area contributed by atoms with E-state index in [0.29, 0.717) is 28.7 Å². The zero-order chi connectivity index (χ0) is 18.5. The maximum absolute atomic E-state index is 12.6. The molecule has 1 amide bonds. The van der Waals surface area contributed by atoms with Crippen LogP contribution in [-0.4, -0.2) is 46.9 Å². The van der Waals surface area contributed by atoms with Gasteiger partial charge in [-0.2, -0.15) is 0 Å². The third-order valence-electron chi connectivity index (χ3n) is 4.51. The lowest BCUT2D eigenvalue weighted by Crippen LogP contribution is -2.38. The first-order valence-electron chi connectivity index (χ1n) is 8.63. The summed E-state index contributed by atoms with van der Waals surface area (Å²) in [5.41, 5.74) is 1.48. The summed E-state index contributed by atoms with van der Waals surface area (Å²) >= 11 is 0. The van der Waals surface area contributed by atoms with Crippen LogP contribution in [0.2, 0.25) is 0 Å². The predicted molar refractivity (Wildman–Crippen MR) is 97.4 cm³/mol. The van der Waals surface area contributed by atoms with Crippen molar-refractivity contribution in [1.82, 2.24) is 14.9 Å². The number of hydrogen-bond acceptors (Lipinski definition) is 6. The van der Waals surface area contributed by atoms with E-state index in [9.17, 15) is 9.59 Å². The summed E-state index contributed by atoms with van der Waals surface area (Å²) < 4.78 is 4.72. The van der Waals surface area contributed by atoms with Gasteiger partial charge in [-0.25, -0.2) is 14.8 Å². The number of anilines is 2. The van der Waals surface area contributed by atoms with E-state index in [1.54, 1.807) is 24.3 Å². The summed E-state index contributed by atoms with van der Waals surface area (Å²) in [4.78, 5) is 34.4. The number of piperidine rings is 1. The molecule has 0 unspecified atom stereocenters. The molecule has 3 rings (SSSR count). The Morgan fingerprint density at radius 1 is 1.19 bits per heavy atom. The van der Waals surface area contributed by atoms with E-state index in [1.165, 1.54) is 13.4 Å². The number of nitrogens with one attached hydrogen (secondary N) is 1. The Balaban J connectivity index is 1.73. The normalized spacial score (nSPS) is 14.8. The van der Waals surface area contributed by atoms with Gasteiger partial charge in [-0.1, -0.05) is 13.0 Å². The van der Waals surface area contributed by atoms with E-state index < -0.39 is 5.97 Å². The van der Waals surface area contributed by atoms with Gasteiger partial charge in [-0.05, 0) is 37.0 Å². The first-order chi connectivity index (χ1) is 12.6. The Hall–Kier alpha value is -2.96. The molecule has 7 nitrogen and oxygen atoms in total. The van der Waals surface area contributed by atoms with Gasteiger partial charge in [-0.3, -0.25) is 4.79 Å². The lowest BCUT2D eigenvalue weighted by atomic mass is 9.99. The highest BCUT2D eigenvalue weighted by atomic mass is 16.5. The van der Waals surface area contributed by atoms with Crippen LogP contribution in [0.3, 0.4) is 0 Å². The van der Waals surface area contributed by atoms with E-state index in [0.717, 1.165) is 25.9 Å². The van der Waals surface area contributed by atoms with Crippen molar-refractivity contribution >= 4 is 23.4 Å². The van der Waals surface area contributed by atoms with Crippen LogP contribution in [0.25, 0.3) is 0 Å². The van der Waals surface area contributed by atoms with Crippen molar-refractivity contribution < 1.29 is 14.3 Å². The Kier molecular flexibility index (Phi) is 5.46. The number of hydrogen-bond donors (Lipinski definition) is 1. The molecule has 0 bridgehead atoms. The highest BCUT2D eigenvalue weighted by Crippen LogP contribution is 2.20. The van der Waals surface area contributed by atoms with Crippen molar-refractivity contribution in [2.75, 3.05) is 25.5 Å². The summed E-state index contributed by atoms with van der Waals surface area (Å²) in [6.45, 7) is 3.72. The molecule has 26 heavy (non-hydrogen) atoms. The van der Waals surface area contributed by atoms with Gasteiger partial charge in [0.2, 0.25) is 0 Å². The second-order valence-electron chi connectivity index (χ2n) is 6.46. The fourth-order valence-corrected chi connectivity index (χ4v) is 2.91. The number of nitrogens with zero attached hydrogens (tertiary/aromatic N) is 3. The minimum atomic E-state index is -0.411. The van der Waals surface area contributed by atoms with Gasteiger partial charge in [-0.15, -0.1) is 0 Å². The van der Waals surface area contributed by atoms with Gasteiger partial charge in [0.05, 0.1) is 12.7 Å². The van der Waals surface area contributed by atoms with Crippen LogP contribution in [0.1, 0.15) is 40.6 Å².